The molecule has 1 atom stereocenters. The van der Waals surface area contributed by atoms with Gasteiger partial charge in [0.25, 0.3) is 5.56 Å². The zero-order valence-electron chi connectivity index (χ0n) is 33.8. The van der Waals surface area contributed by atoms with Gasteiger partial charge in [-0.1, -0.05) is 152 Å². The highest BCUT2D eigenvalue weighted by atomic mass is 16.1. The van der Waals surface area contributed by atoms with E-state index in [9.17, 15) is 4.79 Å². The average Bonchev–Trinajstić information content (AvgIpc) is 3.99. The van der Waals surface area contributed by atoms with E-state index in [1.54, 1.807) is 0 Å². The Balaban J connectivity index is 1.06. The van der Waals surface area contributed by atoms with Gasteiger partial charge in [0.05, 0.1) is 11.1 Å². The Kier molecular flexibility index (Phi) is 8.08. The Morgan fingerprint density at radius 1 is 0.567 bits per heavy atom. The first-order valence-electron chi connectivity index (χ1n) is 21.6. The summed E-state index contributed by atoms with van der Waals surface area (Å²) in [6, 6.07) is 58.0. The van der Waals surface area contributed by atoms with Crippen molar-refractivity contribution in [2.75, 3.05) is 0 Å². The minimum absolute atomic E-state index is 0.00572. The highest BCUT2D eigenvalue weighted by molar-refractivity contribution is 5.86. The van der Waals surface area contributed by atoms with Crippen molar-refractivity contribution < 1.29 is 0 Å². The van der Waals surface area contributed by atoms with Gasteiger partial charge in [0.2, 0.25) is 0 Å². The van der Waals surface area contributed by atoms with Crippen LogP contribution in [-0.2, 0) is 44.1 Å². The van der Waals surface area contributed by atoms with Crippen molar-refractivity contribution >= 4 is 0 Å². The molecule has 1 unspecified atom stereocenters. The van der Waals surface area contributed by atoms with Crippen molar-refractivity contribution in [3.05, 3.63) is 240 Å². The number of nitrogens with one attached hydrogen (secondary N) is 2. The molecule has 1 aromatic heterocycles. The van der Waals surface area contributed by atoms with Gasteiger partial charge in [0.1, 0.15) is 5.82 Å². The number of nitrogens with zero attached hydrogens (tertiary/aromatic N) is 1. The minimum atomic E-state index is -0.626. The highest BCUT2D eigenvalue weighted by Crippen LogP contribution is 2.56. The number of aryl methyl sites for hydroxylation is 2. The van der Waals surface area contributed by atoms with Crippen LogP contribution in [0.1, 0.15) is 84.7 Å². The summed E-state index contributed by atoms with van der Waals surface area (Å²) in [5, 5.41) is 3.83. The van der Waals surface area contributed by atoms with E-state index in [0.29, 0.717) is 12.2 Å². The summed E-state index contributed by atoms with van der Waals surface area (Å²) in [7, 11) is 0. The molecule has 0 saturated carbocycles. The summed E-state index contributed by atoms with van der Waals surface area (Å²) in [4.78, 5) is 20.4. The van der Waals surface area contributed by atoms with Gasteiger partial charge in [-0.25, -0.2) is 4.98 Å². The third kappa shape index (κ3) is 5.33. The minimum Gasteiger partial charge on any atom is -0.311 e. The molecule has 8 aromatic rings. The second kappa shape index (κ2) is 13.7. The Labute approximate surface area is 351 Å². The second-order valence-electron chi connectivity index (χ2n) is 17.3. The van der Waals surface area contributed by atoms with Crippen LogP contribution in [0.5, 0.6) is 0 Å². The molecule has 4 aliphatic rings. The lowest BCUT2D eigenvalue weighted by atomic mass is 9.61. The molecule has 60 heavy (non-hydrogen) atoms. The monoisotopic (exact) mass is 775 g/mol. The normalized spacial score (nSPS) is 15.4. The first kappa shape index (κ1) is 35.3. The maximum atomic E-state index is 12.9. The van der Waals surface area contributed by atoms with Crippen LogP contribution in [0.2, 0.25) is 0 Å². The fourth-order valence-corrected chi connectivity index (χ4v) is 11.5. The lowest BCUT2D eigenvalue weighted by Crippen LogP contribution is -2.37. The number of aromatic nitrogens is 2. The number of rotatable bonds is 7. The van der Waals surface area contributed by atoms with Gasteiger partial charge in [-0.05, 0) is 140 Å². The first-order chi connectivity index (χ1) is 29.5. The van der Waals surface area contributed by atoms with Crippen LogP contribution in [0.25, 0.3) is 33.4 Å². The summed E-state index contributed by atoms with van der Waals surface area (Å²) in [6.07, 6.45) is 5.19. The number of hydrogen-bond acceptors (Lipinski definition) is 3. The summed E-state index contributed by atoms with van der Waals surface area (Å²) >= 11 is 0. The largest absolute Gasteiger partial charge is 0.311 e. The molecule has 0 fully saturated rings. The zero-order valence-corrected chi connectivity index (χ0v) is 33.8. The lowest BCUT2D eigenvalue weighted by molar-refractivity contribution is 0.449. The van der Waals surface area contributed by atoms with Crippen molar-refractivity contribution in [3.8, 4) is 33.4 Å². The number of H-pyrrole nitrogens is 1. The predicted molar refractivity (Wildman–Crippen MR) is 242 cm³/mol. The summed E-state index contributed by atoms with van der Waals surface area (Å²) in [5.74, 6) is 0.696. The molecule has 1 heterocycles. The Hall–Kier alpha value is -6.62. The number of aromatic amines is 1. The molecule has 0 aliphatic heterocycles. The van der Waals surface area contributed by atoms with Crippen LogP contribution in [0.4, 0.5) is 0 Å². The highest BCUT2D eigenvalue weighted by Gasteiger charge is 2.46. The van der Waals surface area contributed by atoms with Gasteiger partial charge >= 0.3 is 0 Å². The van der Waals surface area contributed by atoms with Crippen molar-refractivity contribution in [1.29, 1.82) is 0 Å². The second-order valence-corrected chi connectivity index (χ2v) is 17.3. The molecule has 2 N–H and O–H groups in total. The number of hydrogen-bond donors (Lipinski definition) is 2. The van der Waals surface area contributed by atoms with E-state index < -0.39 is 5.41 Å². The van der Waals surface area contributed by atoms with Crippen LogP contribution in [-0.4, -0.2) is 16.0 Å². The zero-order chi connectivity index (χ0) is 40.0. The van der Waals surface area contributed by atoms with Gasteiger partial charge in [-0.15, -0.1) is 0 Å². The van der Waals surface area contributed by atoms with E-state index in [4.69, 9.17) is 0 Å². The van der Waals surface area contributed by atoms with Crippen LogP contribution in [0.15, 0.2) is 156 Å². The van der Waals surface area contributed by atoms with Gasteiger partial charge in [-0.2, -0.15) is 0 Å². The Morgan fingerprint density at radius 3 is 1.53 bits per heavy atom. The molecule has 4 heteroatoms. The molecule has 0 bridgehead atoms. The van der Waals surface area contributed by atoms with Gasteiger partial charge in [-0.3, -0.25) is 4.79 Å². The molecule has 0 saturated heterocycles. The van der Waals surface area contributed by atoms with Crippen molar-refractivity contribution in [1.82, 2.24) is 15.3 Å². The predicted octanol–water partition coefficient (Wildman–Crippen LogP) is 10.8. The van der Waals surface area contributed by atoms with E-state index >= 15 is 0 Å². The molecule has 12 rings (SSSR count). The maximum absolute atomic E-state index is 12.9. The molecular weight excluding hydrogens is 731 g/mol. The standard InChI is InChI=1S/C56H45N3O/c1-34-58-54-28-27-40(32-50(54)55(60)59-34)57-33-35-23-25-39(26-24-35)56(51-20-8-17-44-41-14-5-2-11-36(41)29-47(44)51,52-21-9-18-45-42-15-6-3-12-37(42)30-48(45)52)53-22-10-19-46-43-16-7-4-13-38(43)31-49(46)53/h2-26,40,57H,27-33H2,1H3,(H,58,59,60). The summed E-state index contributed by atoms with van der Waals surface area (Å²) < 4.78 is 0. The summed E-state index contributed by atoms with van der Waals surface area (Å²) in [5.41, 5.74) is 24.3. The first-order valence-corrected chi connectivity index (χ1v) is 21.6. The number of benzene rings is 7. The molecule has 290 valence electrons. The van der Waals surface area contributed by atoms with Crippen LogP contribution in [0, 0.1) is 6.92 Å². The average molecular weight is 776 g/mol. The van der Waals surface area contributed by atoms with Crippen LogP contribution < -0.4 is 10.9 Å². The van der Waals surface area contributed by atoms with Crippen molar-refractivity contribution in [2.45, 2.75) is 63.5 Å². The number of fused-ring (bicyclic) bond motifs is 10. The third-order valence-corrected chi connectivity index (χ3v) is 14.1. The van der Waals surface area contributed by atoms with Crippen LogP contribution >= 0.6 is 0 Å². The topological polar surface area (TPSA) is 57.8 Å². The van der Waals surface area contributed by atoms with E-state index in [2.05, 4.69) is 167 Å². The quantitative estimate of drug-likeness (QED) is 0.159. The smallest absolute Gasteiger partial charge is 0.254 e. The van der Waals surface area contributed by atoms with E-state index in [0.717, 1.165) is 49.9 Å². The lowest BCUT2D eigenvalue weighted by Gasteiger charge is -2.41. The molecule has 0 radical (unpaired) electrons. The van der Waals surface area contributed by atoms with Gasteiger partial charge in [0.15, 0.2) is 0 Å². The maximum Gasteiger partial charge on any atom is 0.254 e. The Morgan fingerprint density at radius 2 is 1.03 bits per heavy atom. The molecule has 0 spiro atoms. The van der Waals surface area contributed by atoms with E-state index in [-0.39, 0.29) is 11.6 Å². The fraction of sp³-hybridized carbons (Fsp3) is 0.179. The fourth-order valence-electron chi connectivity index (χ4n) is 11.5. The molecule has 7 aromatic carbocycles. The van der Waals surface area contributed by atoms with E-state index in [1.165, 1.54) is 94.6 Å². The molecule has 4 nitrogen and oxygen atoms in total. The molecule has 0 amide bonds. The van der Waals surface area contributed by atoms with Gasteiger partial charge < -0.3 is 10.3 Å². The Bertz CT molecular complexity index is 2870. The SMILES string of the molecule is Cc1nc2c(c(=O)[nH]1)CC(NCc1ccc(C(c3cccc4c3Cc3ccccc3-4)(c3cccc4c3Cc3ccccc3-4)c3cccc4c3Cc3ccccc3-4)cc1)CC2. The third-order valence-electron chi connectivity index (χ3n) is 14.1. The van der Waals surface area contributed by atoms with Crippen LogP contribution in [0.3, 0.4) is 0 Å². The van der Waals surface area contributed by atoms with Crippen molar-refractivity contribution in [2.24, 2.45) is 0 Å². The molecular formula is C56H45N3O. The van der Waals surface area contributed by atoms with Gasteiger partial charge in [0, 0.05) is 18.2 Å². The van der Waals surface area contributed by atoms with E-state index in [1.807, 2.05) is 6.92 Å². The van der Waals surface area contributed by atoms with Crippen molar-refractivity contribution in [3.63, 3.8) is 0 Å². The summed E-state index contributed by atoms with van der Waals surface area (Å²) in [6.45, 7) is 2.59. The molecule has 4 aliphatic carbocycles.